The van der Waals surface area contributed by atoms with Crippen molar-refractivity contribution in [1.82, 2.24) is 0 Å². The van der Waals surface area contributed by atoms with E-state index in [1.54, 1.807) is 43.3 Å². The zero-order chi connectivity index (χ0) is 15.4. The fraction of sp³-hybridized carbons (Fsp3) is 0.125. The molecular formula is C16H15ClN2O2. The number of carbonyl (C=O) groups is 1. The van der Waals surface area contributed by atoms with E-state index in [9.17, 15) is 4.79 Å². The zero-order valence-corrected chi connectivity index (χ0v) is 12.5. The molecule has 0 aliphatic heterocycles. The topological polar surface area (TPSA) is 61.7 Å². The fourth-order valence-corrected chi connectivity index (χ4v) is 2.11. The van der Waals surface area contributed by atoms with Gasteiger partial charge in [-0.2, -0.15) is 0 Å². The first-order chi connectivity index (χ1) is 10.0. The van der Waals surface area contributed by atoms with Crippen molar-refractivity contribution in [3.63, 3.8) is 0 Å². The highest BCUT2D eigenvalue weighted by Gasteiger charge is 2.12. The van der Waals surface area contributed by atoms with Gasteiger partial charge in [0.2, 0.25) is 0 Å². The molecule has 0 aliphatic carbocycles. The predicted octanol–water partition coefficient (Wildman–Crippen LogP) is 4.10. The zero-order valence-electron chi connectivity index (χ0n) is 11.7. The maximum absolute atomic E-state index is 12.3. The van der Waals surface area contributed by atoms with Crippen molar-refractivity contribution in [2.45, 2.75) is 13.8 Å². The minimum absolute atomic E-state index is 0.278. The molecule has 0 heterocycles. The van der Waals surface area contributed by atoms with Crippen LogP contribution in [-0.4, -0.2) is 16.8 Å². The third kappa shape index (κ3) is 3.41. The summed E-state index contributed by atoms with van der Waals surface area (Å²) in [5, 5.41) is 15.2. The summed E-state index contributed by atoms with van der Waals surface area (Å²) < 4.78 is 0. The highest BCUT2D eigenvalue weighted by Crippen LogP contribution is 2.21. The summed E-state index contributed by atoms with van der Waals surface area (Å²) in [7, 11) is 0. The van der Waals surface area contributed by atoms with Crippen LogP contribution in [0.2, 0.25) is 5.02 Å². The predicted molar refractivity (Wildman–Crippen MR) is 84.6 cm³/mol. The lowest BCUT2D eigenvalue weighted by atomic mass is 10.1. The van der Waals surface area contributed by atoms with Crippen LogP contribution in [0.25, 0.3) is 0 Å². The summed E-state index contributed by atoms with van der Waals surface area (Å²) in [5.41, 5.74) is 3.08. The summed E-state index contributed by atoms with van der Waals surface area (Å²) in [6.45, 7) is 3.53. The molecule has 21 heavy (non-hydrogen) atoms. The molecule has 0 unspecified atom stereocenters. The number of hydrogen-bond donors (Lipinski definition) is 2. The van der Waals surface area contributed by atoms with Crippen molar-refractivity contribution in [3.8, 4) is 0 Å². The van der Waals surface area contributed by atoms with Crippen LogP contribution >= 0.6 is 11.6 Å². The SMILES string of the molecule is C/C(=N/O)c1cccc(NC(=O)c2cccc(C)c2Cl)c1. The summed E-state index contributed by atoms with van der Waals surface area (Å²) in [4.78, 5) is 12.3. The summed E-state index contributed by atoms with van der Waals surface area (Å²) in [6.07, 6.45) is 0. The van der Waals surface area contributed by atoms with Gasteiger partial charge in [0.1, 0.15) is 0 Å². The van der Waals surface area contributed by atoms with E-state index in [0.29, 0.717) is 22.0 Å². The summed E-state index contributed by atoms with van der Waals surface area (Å²) in [6, 6.07) is 12.4. The number of rotatable bonds is 3. The van der Waals surface area contributed by atoms with Crippen molar-refractivity contribution in [2.24, 2.45) is 5.16 Å². The third-order valence-electron chi connectivity index (χ3n) is 3.12. The van der Waals surface area contributed by atoms with Gasteiger partial charge in [0.05, 0.1) is 16.3 Å². The lowest BCUT2D eigenvalue weighted by Gasteiger charge is -2.09. The maximum atomic E-state index is 12.3. The number of halogens is 1. The van der Waals surface area contributed by atoms with Gasteiger partial charge in [0.25, 0.3) is 5.91 Å². The van der Waals surface area contributed by atoms with Gasteiger partial charge in [-0.15, -0.1) is 0 Å². The van der Waals surface area contributed by atoms with Crippen molar-refractivity contribution in [3.05, 3.63) is 64.2 Å². The van der Waals surface area contributed by atoms with Gasteiger partial charge in [-0.25, -0.2) is 0 Å². The molecule has 0 saturated carbocycles. The Morgan fingerprint density at radius 3 is 2.67 bits per heavy atom. The number of aryl methyl sites for hydroxylation is 1. The summed E-state index contributed by atoms with van der Waals surface area (Å²) in [5.74, 6) is -0.278. The van der Waals surface area contributed by atoms with Crippen LogP contribution in [0.15, 0.2) is 47.6 Å². The Bertz CT molecular complexity index is 711. The second-order valence-corrected chi connectivity index (χ2v) is 5.03. The Balaban J connectivity index is 2.26. The molecule has 108 valence electrons. The average Bonchev–Trinajstić information content (AvgIpc) is 2.49. The van der Waals surface area contributed by atoms with Gasteiger partial charge >= 0.3 is 0 Å². The highest BCUT2D eigenvalue weighted by atomic mass is 35.5. The van der Waals surface area contributed by atoms with Crippen LogP contribution in [0.3, 0.4) is 0 Å². The second-order valence-electron chi connectivity index (χ2n) is 4.66. The number of benzene rings is 2. The molecular weight excluding hydrogens is 288 g/mol. The first kappa shape index (κ1) is 15.1. The highest BCUT2D eigenvalue weighted by molar-refractivity contribution is 6.35. The number of oxime groups is 1. The number of nitrogens with one attached hydrogen (secondary N) is 1. The van der Waals surface area contributed by atoms with E-state index in [1.165, 1.54) is 0 Å². The molecule has 0 atom stereocenters. The number of amides is 1. The monoisotopic (exact) mass is 302 g/mol. The molecule has 0 radical (unpaired) electrons. The molecule has 0 aromatic heterocycles. The number of nitrogens with zero attached hydrogens (tertiary/aromatic N) is 1. The quantitative estimate of drug-likeness (QED) is 0.509. The van der Waals surface area contributed by atoms with Crippen LogP contribution in [0.1, 0.15) is 28.4 Å². The average molecular weight is 303 g/mol. The van der Waals surface area contributed by atoms with E-state index in [2.05, 4.69) is 10.5 Å². The molecule has 2 N–H and O–H groups in total. The Kier molecular flexibility index (Phi) is 4.60. The van der Waals surface area contributed by atoms with Crippen LogP contribution in [-0.2, 0) is 0 Å². The molecule has 0 fully saturated rings. The Morgan fingerprint density at radius 2 is 1.95 bits per heavy atom. The first-order valence-corrected chi connectivity index (χ1v) is 6.76. The van der Waals surface area contributed by atoms with E-state index >= 15 is 0 Å². The molecule has 0 spiro atoms. The largest absolute Gasteiger partial charge is 0.411 e. The third-order valence-corrected chi connectivity index (χ3v) is 3.63. The van der Waals surface area contributed by atoms with Gasteiger partial charge in [0.15, 0.2) is 0 Å². The van der Waals surface area contributed by atoms with Gasteiger partial charge in [-0.1, -0.05) is 41.0 Å². The molecule has 1 amide bonds. The second kappa shape index (κ2) is 6.41. The molecule has 2 aromatic carbocycles. The van der Waals surface area contributed by atoms with Gasteiger partial charge in [-0.05, 0) is 37.6 Å². The van der Waals surface area contributed by atoms with Crippen molar-refractivity contribution >= 4 is 28.9 Å². The molecule has 2 aromatic rings. The van der Waals surface area contributed by atoms with Crippen LogP contribution in [0, 0.1) is 6.92 Å². The normalized spacial score (nSPS) is 11.3. The van der Waals surface area contributed by atoms with E-state index in [1.807, 2.05) is 13.0 Å². The van der Waals surface area contributed by atoms with Crippen molar-refractivity contribution in [2.75, 3.05) is 5.32 Å². The lowest BCUT2D eigenvalue weighted by molar-refractivity contribution is 0.102. The lowest BCUT2D eigenvalue weighted by Crippen LogP contribution is -2.13. The van der Waals surface area contributed by atoms with Gasteiger partial charge in [0, 0.05) is 11.3 Å². The minimum Gasteiger partial charge on any atom is -0.411 e. The van der Waals surface area contributed by atoms with E-state index in [4.69, 9.17) is 16.8 Å². The molecule has 2 rings (SSSR count). The first-order valence-electron chi connectivity index (χ1n) is 6.38. The fourth-order valence-electron chi connectivity index (χ4n) is 1.90. The van der Waals surface area contributed by atoms with Crippen molar-refractivity contribution in [1.29, 1.82) is 0 Å². The van der Waals surface area contributed by atoms with Crippen LogP contribution in [0.5, 0.6) is 0 Å². The molecule has 0 bridgehead atoms. The summed E-state index contributed by atoms with van der Waals surface area (Å²) >= 11 is 6.15. The maximum Gasteiger partial charge on any atom is 0.257 e. The van der Waals surface area contributed by atoms with E-state index in [-0.39, 0.29) is 5.91 Å². The van der Waals surface area contributed by atoms with Gasteiger partial charge < -0.3 is 10.5 Å². The van der Waals surface area contributed by atoms with Crippen LogP contribution in [0.4, 0.5) is 5.69 Å². The molecule has 4 nitrogen and oxygen atoms in total. The number of carbonyl (C=O) groups excluding carboxylic acids is 1. The number of anilines is 1. The smallest absolute Gasteiger partial charge is 0.257 e. The van der Waals surface area contributed by atoms with E-state index in [0.717, 1.165) is 11.1 Å². The van der Waals surface area contributed by atoms with Crippen LogP contribution < -0.4 is 5.32 Å². The minimum atomic E-state index is -0.278. The Hall–Kier alpha value is -2.33. The Morgan fingerprint density at radius 1 is 1.24 bits per heavy atom. The molecule has 5 heteroatoms. The Labute approximate surface area is 128 Å². The molecule has 0 aliphatic rings. The molecule has 0 saturated heterocycles. The van der Waals surface area contributed by atoms with E-state index < -0.39 is 0 Å². The number of hydrogen-bond acceptors (Lipinski definition) is 3. The van der Waals surface area contributed by atoms with Gasteiger partial charge in [-0.3, -0.25) is 4.79 Å². The standard InChI is InChI=1S/C16H15ClN2O2/c1-10-5-3-8-14(15(10)17)16(20)18-13-7-4-6-12(9-13)11(2)19-21/h3-9,21H,1-2H3,(H,18,20)/b19-11-. The van der Waals surface area contributed by atoms with Crippen molar-refractivity contribution < 1.29 is 10.0 Å².